The second kappa shape index (κ2) is 6.57. The SMILES string of the molecule is COc1cc(OC)c(-c2n[nH]nc2-c2ccc(F)cc2)cc1OC. The number of nitrogens with one attached hydrogen (secondary N) is 1. The molecule has 1 aromatic heterocycles. The van der Waals surface area contributed by atoms with Crippen LogP contribution in [0.15, 0.2) is 36.4 Å². The number of halogens is 1. The van der Waals surface area contributed by atoms with Crippen LogP contribution in [0.1, 0.15) is 0 Å². The van der Waals surface area contributed by atoms with Crippen molar-refractivity contribution in [2.75, 3.05) is 21.3 Å². The van der Waals surface area contributed by atoms with Gasteiger partial charge in [-0.25, -0.2) is 4.39 Å². The predicted octanol–water partition coefficient (Wildman–Crippen LogP) is 3.30. The molecule has 0 aliphatic heterocycles. The Morgan fingerprint density at radius 3 is 2.00 bits per heavy atom. The van der Waals surface area contributed by atoms with Crippen molar-refractivity contribution in [3.05, 3.63) is 42.2 Å². The molecule has 0 amide bonds. The average Bonchev–Trinajstić information content (AvgIpc) is 3.10. The number of hydrogen-bond acceptors (Lipinski definition) is 5. The van der Waals surface area contributed by atoms with Crippen LogP contribution in [0, 0.1) is 5.82 Å². The minimum atomic E-state index is -0.313. The van der Waals surface area contributed by atoms with Crippen molar-refractivity contribution in [3.8, 4) is 39.8 Å². The van der Waals surface area contributed by atoms with Crippen molar-refractivity contribution in [2.45, 2.75) is 0 Å². The highest BCUT2D eigenvalue weighted by Crippen LogP contribution is 2.41. The summed E-state index contributed by atoms with van der Waals surface area (Å²) in [5.74, 6) is 1.34. The molecule has 1 N–H and O–H groups in total. The lowest BCUT2D eigenvalue weighted by Crippen LogP contribution is -1.96. The number of nitrogens with zero attached hydrogens (tertiary/aromatic N) is 2. The Morgan fingerprint density at radius 2 is 1.38 bits per heavy atom. The fraction of sp³-hybridized carbons (Fsp3) is 0.176. The first-order chi connectivity index (χ1) is 11.7. The van der Waals surface area contributed by atoms with Crippen LogP contribution in [0.2, 0.25) is 0 Å². The smallest absolute Gasteiger partial charge is 0.164 e. The Labute approximate surface area is 138 Å². The van der Waals surface area contributed by atoms with E-state index in [9.17, 15) is 4.39 Å². The number of aromatic nitrogens is 3. The molecule has 0 spiro atoms. The van der Waals surface area contributed by atoms with E-state index in [1.54, 1.807) is 45.6 Å². The molecule has 3 rings (SSSR count). The van der Waals surface area contributed by atoms with Crippen LogP contribution in [0.25, 0.3) is 22.5 Å². The molecule has 0 radical (unpaired) electrons. The lowest BCUT2D eigenvalue weighted by molar-refractivity contribution is 0.349. The van der Waals surface area contributed by atoms with E-state index >= 15 is 0 Å². The van der Waals surface area contributed by atoms with Gasteiger partial charge < -0.3 is 14.2 Å². The molecule has 124 valence electrons. The zero-order chi connectivity index (χ0) is 17.1. The molecule has 3 aromatic rings. The first kappa shape index (κ1) is 15.8. The van der Waals surface area contributed by atoms with Gasteiger partial charge in [-0.15, -0.1) is 0 Å². The summed E-state index contributed by atoms with van der Waals surface area (Å²) in [4.78, 5) is 0. The minimum absolute atomic E-state index is 0.313. The predicted molar refractivity (Wildman–Crippen MR) is 86.9 cm³/mol. The normalized spacial score (nSPS) is 10.5. The third kappa shape index (κ3) is 2.76. The largest absolute Gasteiger partial charge is 0.496 e. The van der Waals surface area contributed by atoms with Crippen LogP contribution in [0.4, 0.5) is 4.39 Å². The summed E-state index contributed by atoms with van der Waals surface area (Å²) in [5.41, 5.74) is 2.57. The number of H-pyrrole nitrogens is 1. The van der Waals surface area contributed by atoms with Crippen molar-refractivity contribution in [1.29, 1.82) is 0 Å². The van der Waals surface area contributed by atoms with Gasteiger partial charge in [0.2, 0.25) is 0 Å². The molecule has 0 fully saturated rings. The average molecular weight is 329 g/mol. The first-order valence-electron chi connectivity index (χ1n) is 7.15. The molecule has 0 saturated heterocycles. The molecule has 6 nitrogen and oxygen atoms in total. The van der Waals surface area contributed by atoms with Crippen molar-refractivity contribution in [3.63, 3.8) is 0 Å². The molecule has 0 bridgehead atoms. The summed E-state index contributed by atoms with van der Waals surface area (Å²) in [6, 6.07) is 9.52. The maximum atomic E-state index is 13.2. The van der Waals surface area contributed by atoms with Gasteiger partial charge in [0, 0.05) is 11.6 Å². The highest BCUT2D eigenvalue weighted by Gasteiger charge is 2.20. The minimum Gasteiger partial charge on any atom is -0.496 e. The van der Waals surface area contributed by atoms with E-state index in [0.717, 1.165) is 5.56 Å². The molecule has 0 aliphatic rings. The van der Waals surface area contributed by atoms with Crippen LogP contribution in [0.3, 0.4) is 0 Å². The van der Waals surface area contributed by atoms with Gasteiger partial charge in [-0.2, -0.15) is 15.4 Å². The van der Waals surface area contributed by atoms with Crippen LogP contribution in [-0.2, 0) is 0 Å². The highest BCUT2D eigenvalue weighted by molar-refractivity contribution is 5.82. The van der Waals surface area contributed by atoms with Crippen LogP contribution < -0.4 is 14.2 Å². The van der Waals surface area contributed by atoms with Gasteiger partial charge in [0.1, 0.15) is 23.0 Å². The summed E-state index contributed by atoms with van der Waals surface area (Å²) in [6.45, 7) is 0. The number of aromatic amines is 1. The fourth-order valence-corrected chi connectivity index (χ4v) is 2.44. The number of ether oxygens (including phenoxy) is 3. The van der Waals surface area contributed by atoms with Gasteiger partial charge in [-0.1, -0.05) is 0 Å². The molecular formula is C17H16FN3O3. The standard InChI is InChI=1S/C17H16FN3O3/c1-22-13-9-15(24-3)14(23-2)8-12(13)17-16(19-21-20-17)10-4-6-11(18)7-5-10/h4-9H,1-3H3,(H,19,20,21). The van der Waals surface area contributed by atoms with Gasteiger partial charge in [0.15, 0.2) is 11.5 Å². The summed E-state index contributed by atoms with van der Waals surface area (Å²) < 4.78 is 29.2. The number of methoxy groups -OCH3 is 3. The third-order valence-electron chi connectivity index (χ3n) is 3.63. The van der Waals surface area contributed by atoms with E-state index < -0.39 is 0 Å². The van der Waals surface area contributed by atoms with Crippen LogP contribution in [0.5, 0.6) is 17.2 Å². The molecule has 2 aromatic carbocycles. The van der Waals surface area contributed by atoms with Gasteiger partial charge in [0.25, 0.3) is 0 Å². The van der Waals surface area contributed by atoms with E-state index in [1.165, 1.54) is 12.1 Å². The molecule has 0 unspecified atom stereocenters. The zero-order valence-electron chi connectivity index (χ0n) is 13.5. The summed E-state index contributed by atoms with van der Waals surface area (Å²) in [5, 5.41) is 11.0. The Morgan fingerprint density at radius 1 is 0.792 bits per heavy atom. The zero-order valence-corrected chi connectivity index (χ0v) is 13.5. The first-order valence-corrected chi connectivity index (χ1v) is 7.15. The van der Waals surface area contributed by atoms with Crippen molar-refractivity contribution in [2.24, 2.45) is 0 Å². The Bertz CT molecular complexity index is 847. The van der Waals surface area contributed by atoms with E-state index in [1.807, 2.05) is 0 Å². The molecule has 1 heterocycles. The lowest BCUT2D eigenvalue weighted by Gasteiger charge is -2.13. The Hall–Kier alpha value is -3.09. The van der Waals surface area contributed by atoms with Gasteiger partial charge in [-0.3, -0.25) is 0 Å². The second-order valence-electron chi connectivity index (χ2n) is 4.94. The van der Waals surface area contributed by atoms with Crippen molar-refractivity contribution < 1.29 is 18.6 Å². The molecule has 0 saturated carbocycles. The number of rotatable bonds is 5. The second-order valence-corrected chi connectivity index (χ2v) is 4.94. The van der Waals surface area contributed by atoms with Crippen molar-refractivity contribution in [1.82, 2.24) is 15.4 Å². The van der Waals surface area contributed by atoms with E-state index in [2.05, 4.69) is 15.4 Å². The van der Waals surface area contributed by atoms with E-state index in [-0.39, 0.29) is 5.82 Å². The topological polar surface area (TPSA) is 69.3 Å². The molecule has 0 atom stereocenters. The fourth-order valence-electron chi connectivity index (χ4n) is 2.44. The van der Waals surface area contributed by atoms with E-state index in [0.29, 0.717) is 34.2 Å². The van der Waals surface area contributed by atoms with Gasteiger partial charge in [-0.05, 0) is 30.3 Å². The Kier molecular flexibility index (Phi) is 4.33. The molecule has 7 heteroatoms. The van der Waals surface area contributed by atoms with Crippen molar-refractivity contribution >= 4 is 0 Å². The van der Waals surface area contributed by atoms with Gasteiger partial charge >= 0.3 is 0 Å². The monoisotopic (exact) mass is 329 g/mol. The number of benzene rings is 2. The quantitative estimate of drug-likeness (QED) is 0.778. The Balaban J connectivity index is 2.16. The molecule has 0 aliphatic carbocycles. The van der Waals surface area contributed by atoms with Gasteiger partial charge in [0.05, 0.1) is 26.9 Å². The maximum absolute atomic E-state index is 13.2. The summed E-state index contributed by atoms with van der Waals surface area (Å²) in [7, 11) is 4.66. The third-order valence-corrected chi connectivity index (χ3v) is 3.63. The lowest BCUT2D eigenvalue weighted by atomic mass is 10.0. The highest BCUT2D eigenvalue weighted by atomic mass is 19.1. The van der Waals surface area contributed by atoms with E-state index in [4.69, 9.17) is 14.2 Å². The van der Waals surface area contributed by atoms with Crippen LogP contribution in [-0.4, -0.2) is 36.7 Å². The van der Waals surface area contributed by atoms with Crippen LogP contribution >= 0.6 is 0 Å². The molecule has 24 heavy (non-hydrogen) atoms. The maximum Gasteiger partial charge on any atom is 0.164 e. The number of hydrogen-bond donors (Lipinski definition) is 1. The summed E-state index contributed by atoms with van der Waals surface area (Å²) in [6.07, 6.45) is 0. The molecular weight excluding hydrogens is 313 g/mol. The summed E-state index contributed by atoms with van der Waals surface area (Å²) >= 11 is 0.